The van der Waals surface area contributed by atoms with Crippen molar-refractivity contribution < 1.29 is 4.74 Å². The fourth-order valence-corrected chi connectivity index (χ4v) is 8.20. The molecule has 10 rings (SSSR count). The van der Waals surface area contributed by atoms with Crippen LogP contribution in [0.4, 0.5) is 0 Å². The molecular weight excluding hydrogens is 556 g/mol. The third kappa shape index (κ3) is 3.46. The Kier molecular flexibility index (Phi) is 5.12. The van der Waals surface area contributed by atoms with Crippen molar-refractivity contribution in [3.8, 4) is 56.0 Å². The minimum absolute atomic E-state index is 0.144. The maximum Gasteiger partial charge on any atom is 0.135 e. The van der Waals surface area contributed by atoms with E-state index in [2.05, 4.69) is 153 Å². The summed E-state index contributed by atoms with van der Waals surface area (Å²) < 4.78 is 6.39. The van der Waals surface area contributed by atoms with E-state index in [4.69, 9.17) is 4.74 Å². The Bertz CT molecular complexity index is 2580. The summed E-state index contributed by atoms with van der Waals surface area (Å²) >= 11 is 0. The van der Waals surface area contributed by atoms with Crippen LogP contribution in [0.3, 0.4) is 0 Å². The predicted octanol–water partition coefficient (Wildman–Crippen LogP) is 12.6. The zero-order chi connectivity index (χ0) is 30.6. The van der Waals surface area contributed by atoms with Crippen molar-refractivity contribution in [2.45, 2.75) is 19.3 Å². The van der Waals surface area contributed by atoms with Gasteiger partial charge in [0.05, 0.1) is 0 Å². The highest BCUT2D eigenvalue weighted by molar-refractivity contribution is 6.11. The Morgan fingerprint density at radius 2 is 1.04 bits per heavy atom. The molecule has 216 valence electrons. The molecule has 8 aromatic carbocycles. The molecule has 1 aliphatic heterocycles. The number of para-hydroxylation sites is 1. The summed E-state index contributed by atoms with van der Waals surface area (Å²) in [6, 6.07) is 53.4. The van der Waals surface area contributed by atoms with Gasteiger partial charge in [0.15, 0.2) is 0 Å². The molecule has 0 bridgehead atoms. The first-order chi connectivity index (χ1) is 22.6. The van der Waals surface area contributed by atoms with Gasteiger partial charge in [-0.05, 0) is 107 Å². The van der Waals surface area contributed by atoms with Gasteiger partial charge >= 0.3 is 0 Å². The number of hydrogen-bond donors (Lipinski definition) is 0. The summed E-state index contributed by atoms with van der Waals surface area (Å²) in [5.74, 6) is 1.85. The second kappa shape index (κ2) is 9.19. The second-order valence-electron chi connectivity index (χ2n) is 13.3. The minimum Gasteiger partial charge on any atom is -0.456 e. The van der Waals surface area contributed by atoms with E-state index < -0.39 is 0 Å². The average molecular weight is 587 g/mol. The van der Waals surface area contributed by atoms with Gasteiger partial charge in [0.25, 0.3) is 0 Å². The third-order valence-corrected chi connectivity index (χ3v) is 10.5. The Labute approximate surface area is 268 Å². The minimum atomic E-state index is -0.144. The van der Waals surface area contributed by atoms with Crippen molar-refractivity contribution >= 4 is 32.3 Å². The van der Waals surface area contributed by atoms with Gasteiger partial charge in [-0.3, -0.25) is 0 Å². The molecule has 2 aliphatic rings. The van der Waals surface area contributed by atoms with Crippen molar-refractivity contribution in [3.05, 3.63) is 157 Å². The Morgan fingerprint density at radius 1 is 0.391 bits per heavy atom. The van der Waals surface area contributed by atoms with E-state index in [1.165, 1.54) is 82.4 Å². The molecule has 0 atom stereocenters. The number of hydrogen-bond acceptors (Lipinski definition) is 1. The lowest BCUT2D eigenvalue weighted by Gasteiger charge is -2.24. The molecule has 1 heteroatoms. The summed E-state index contributed by atoms with van der Waals surface area (Å²) in [7, 11) is 0. The van der Waals surface area contributed by atoms with E-state index in [0.29, 0.717) is 0 Å². The molecule has 0 spiro atoms. The van der Waals surface area contributed by atoms with Gasteiger partial charge in [-0.2, -0.15) is 0 Å². The van der Waals surface area contributed by atoms with Gasteiger partial charge in [0.1, 0.15) is 11.5 Å². The molecule has 0 amide bonds. The molecule has 8 aromatic rings. The van der Waals surface area contributed by atoms with E-state index in [9.17, 15) is 0 Å². The fraction of sp³-hybridized carbons (Fsp3) is 0.0667. The van der Waals surface area contributed by atoms with Gasteiger partial charge < -0.3 is 4.74 Å². The van der Waals surface area contributed by atoms with Gasteiger partial charge in [-0.1, -0.05) is 129 Å². The lowest BCUT2D eigenvalue weighted by Crippen LogP contribution is -2.15. The van der Waals surface area contributed by atoms with Gasteiger partial charge in [-0.15, -0.1) is 0 Å². The maximum atomic E-state index is 6.39. The second-order valence-corrected chi connectivity index (χ2v) is 13.3. The molecule has 1 nitrogen and oxygen atoms in total. The SMILES string of the molecule is CC1(C)c2cc(-c3ccc4c5c(cccc35)-c3ccccc3O4)ccc2-c2cc3cccc(-c4cccc5ccccc45)c3cc21. The zero-order valence-corrected chi connectivity index (χ0v) is 25.8. The summed E-state index contributed by atoms with van der Waals surface area (Å²) in [4.78, 5) is 0. The average Bonchev–Trinajstić information content (AvgIpc) is 3.32. The zero-order valence-electron chi connectivity index (χ0n) is 25.8. The summed E-state index contributed by atoms with van der Waals surface area (Å²) in [5, 5.41) is 7.56. The monoisotopic (exact) mass is 586 g/mol. The molecule has 0 N–H and O–H groups in total. The van der Waals surface area contributed by atoms with Crippen molar-refractivity contribution in [2.24, 2.45) is 0 Å². The van der Waals surface area contributed by atoms with E-state index in [0.717, 1.165) is 17.1 Å². The van der Waals surface area contributed by atoms with Crippen LogP contribution in [0.5, 0.6) is 11.5 Å². The number of rotatable bonds is 2. The van der Waals surface area contributed by atoms with E-state index in [1.807, 2.05) is 6.07 Å². The summed E-state index contributed by atoms with van der Waals surface area (Å²) in [6.07, 6.45) is 0. The Hall–Kier alpha value is -5.66. The van der Waals surface area contributed by atoms with Crippen molar-refractivity contribution in [1.82, 2.24) is 0 Å². The van der Waals surface area contributed by atoms with Crippen molar-refractivity contribution in [1.29, 1.82) is 0 Å². The van der Waals surface area contributed by atoms with E-state index >= 15 is 0 Å². The molecule has 46 heavy (non-hydrogen) atoms. The maximum absolute atomic E-state index is 6.39. The van der Waals surface area contributed by atoms with Crippen LogP contribution in [0.25, 0.3) is 76.8 Å². The quantitative estimate of drug-likeness (QED) is 0.196. The van der Waals surface area contributed by atoms with Crippen LogP contribution >= 0.6 is 0 Å². The number of ether oxygens (including phenoxy) is 1. The topological polar surface area (TPSA) is 9.23 Å². The van der Waals surface area contributed by atoms with Crippen LogP contribution in [0.2, 0.25) is 0 Å². The smallest absolute Gasteiger partial charge is 0.135 e. The van der Waals surface area contributed by atoms with E-state index in [1.54, 1.807) is 0 Å². The molecule has 0 radical (unpaired) electrons. The van der Waals surface area contributed by atoms with Crippen molar-refractivity contribution in [2.75, 3.05) is 0 Å². The van der Waals surface area contributed by atoms with Crippen molar-refractivity contribution in [3.63, 3.8) is 0 Å². The highest BCUT2D eigenvalue weighted by atomic mass is 16.5. The standard InChI is InChI=1S/C45H30O/c1-45(2)40-25-29(31-22-23-43-44-36(31)17-9-18-37(44)35-14-5-6-19-42(35)46-43)20-21-34(40)39-24-28-12-8-16-33(38(28)26-41(39)45)32-15-7-11-27-10-3-4-13-30(27)32/h3-26H,1-2H3. The number of benzene rings is 8. The first-order valence-corrected chi connectivity index (χ1v) is 16.1. The molecule has 0 saturated carbocycles. The highest BCUT2D eigenvalue weighted by Crippen LogP contribution is 2.53. The molecule has 0 fully saturated rings. The summed E-state index contributed by atoms with van der Waals surface area (Å²) in [5.41, 5.74) is 12.7. The lowest BCUT2D eigenvalue weighted by atomic mass is 9.80. The third-order valence-electron chi connectivity index (χ3n) is 10.5. The van der Waals surface area contributed by atoms with Gasteiger partial charge in [0, 0.05) is 16.4 Å². The summed E-state index contributed by atoms with van der Waals surface area (Å²) in [6.45, 7) is 4.77. The van der Waals surface area contributed by atoms with Crippen LogP contribution in [0.1, 0.15) is 25.0 Å². The fourth-order valence-electron chi connectivity index (χ4n) is 8.20. The predicted molar refractivity (Wildman–Crippen MR) is 193 cm³/mol. The van der Waals surface area contributed by atoms with Crippen LogP contribution < -0.4 is 4.74 Å². The van der Waals surface area contributed by atoms with Crippen LogP contribution in [0.15, 0.2) is 146 Å². The van der Waals surface area contributed by atoms with Crippen LogP contribution in [-0.4, -0.2) is 0 Å². The molecular formula is C45H30O. The number of fused-ring (bicyclic) bond motifs is 7. The molecule has 0 saturated heterocycles. The van der Waals surface area contributed by atoms with Gasteiger partial charge in [-0.25, -0.2) is 0 Å². The first-order valence-electron chi connectivity index (χ1n) is 16.1. The molecule has 1 heterocycles. The largest absolute Gasteiger partial charge is 0.456 e. The van der Waals surface area contributed by atoms with Crippen LogP contribution in [0, 0.1) is 0 Å². The molecule has 0 aromatic heterocycles. The van der Waals surface area contributed by atoms with Gasteiger partial charge in [0.2, 0.25) is 0 Å². The highest BCUT2D eigenvalue weighted by Gasteiger charge is 2.36. The van der Waals surface area contributed by atoms with E-state index in [-0.39, 0.29) is 5.41 Å². The molecule has 1 aliphatic carbocycles. The molecule has 0 unspecified atom stereocenters. The van der Waals surface area contributed by atoms with Crippen LogP contribution in [-0.2, 0) is 5.41 Å². The Morgan fingerprint density at radius 3 is 1.96 bits per heavy atom. The lowest BCUT2D eigenvalue weighted by molar-refractivity contribution is 0.487. The Balaban J connectivity index is 1.14. The normalized spacial score (nSPS) is 13.8. The first kappa shape index (κ1) is 25.6.